The maximum Gasteiger partial charge on any atom is 0.271 e. The van der Waals surface area contributed by atoms with E-state index >= 15 is 0 Å². The topological polar surface area (TPSA) is 64.0 Å². The molecule has 140 valence electrons. The number of nitrogens with zero attached hydrogens (tertiary/aromatic N) is 2. The van der Waals surface area contributed by atoms with Crippen molar-refractivity contribution in [2.45, 2.75) is 6.54 Å². The molecule has 1 amide bonds. The maximum absolute atomic E-state index is 13.2. The summed E-state index contributed by atoms with van der Waals surface area (Å²) >= 11 is 4.61. The lowest BCUT2D eigenvalue weighted by Crippen LogP contribution is -2.27. The summed E-state index contributed by atoms with van der Waals surface area (Å²) in [4.78, 5) is 29.4. The zero-order valence-corrected chi connectivity index (χ0v) is 16.8. The van der Waals surface area contributed by atoms with Gasteiger partial charge in [-0.3, -0.25) is 14.2 Å². The Labute approximate surface area is 171 Å². The second-order valence-corrected chi connectivity index (χ2v) is 7.87. The molecule has 0 bridgehead atoms. The molecule has 0 aliphatic carbocycles. The van der Waals surface area contributed by atoms with Crippen molar-refractivity contribution in [3.63, 3.8) is 0 Å². The van der Waals surface area contributed by atoms with Gasteiger partial charge in [-0.25, -0.2) is 9.37 Å². The van der Waals surface area contributed by atoms with E-state index < -0.39 is 0 Å². The van der Waals surface area contributed by atoms with Gasteiger partial charge < -0.3 is 5.32 Å². The van der Waals surface area contributed by atoms with Gasteiger partial charge in [-0.05, 0) is 35.9 Å². The van der Waals surface area contributed by atoms with Gasteiger partial charge >= 0.3 is 0 Å². The lowest BCUT2D eigenvalue weighted by Gasteiger charge is -2.08. The normalized spacial score (nSPS) is 10.9. The molecule has 0 atom stereocenters. The molecule has 2 aromatic heterocycles. The van der Waals surface area contributed by atoms with Crippen LogP contribution in [0.5, 0.6) is 0 Å². The Morgan fingerprint density at radius 1 is 1.21 bits per heavy atom. The van der Waals surface area contributed by atoms with Crippen molar-refractivity contribution in [2.75, 3.05) is 5.32 Å². The summed E-state index contributed by atoms with van der Waals surface area (Å²) in [5, 5.41) is 4.57. The minimum absolute atomic E-state index is 0.141. The highest BCUT2D eigenvalue weighted by Crippen LogP contribution is 2.30. The van der Waals surface area contributed by atoms with Crippen LogP contribution in [-0.2, 0) is 11.3 Å². The highest BCUT2D eigenvalue weighted by atomic mass is 79.9. The Balaban J connectivity index is 1.61. The molecule has 8 heteroatoms. The molecular formula is C20H13BrFN3O2S. The third kappa shape index (κ3) is 3.74. The van der Waals surface area contributed by atoms with Crippen LogP contribution >= 0.6 is 27.3 Å². The molecule has 1 N–H and O–H groups in total. The van der Waals surface area contributed by atoms with Crippen LogP contribution in [0.2, 0.25) is 0 Å². The summed E-state index contributed by atoms with van der Waals surface area (Å²) in [5.74, 6) is -0.647. The summed E-state index contributed by atoms with van der Waals surface area (Å²) in [6.07, 6.45) is 1.37. The first kappa shape index (κ1) is 18.5. The Hall–Kier alpha value is -2.84. The van der Waals surface area contributed by atoms with Crippen LogP contribution < -0.4 is 10.9 Å². The van der Waals surface area contributed by atoms with Crippen molar-refractivity contribution in [2.24, 2.45) is 0 Å². The number of amides is 1. The first-order valence-corrected chi connectivity index (χ1v) is 9.96. The zero-order chi connectivity index (χ0) is 19.7. The molecule has 4 aromatic rings. The number of aromatic nitrogens is 2. The molecule has 0 aliphatic heterocycles. The van der Waals surface area contributed by atoms with Gasteiger partial charge in [0.2, 0.25) is 5.91 Å². The van der Waals surface area contributed by atoms with Crippen LogP contribution in [0.3, 0.4) is 0 Å². The molecule has 0 unspecified atom stereocenters. The number of rotatable bonds is 4. The quantitative estimate of drug-likeness (QED) is 0.484. The van der Waals surface area contributed by atoms with Crippen molar-refractivity contribution in [1.29, 1.82) is 0 Å². The number of nitrogens with one attached hydrogen (secondary N) is 1. The summed E-state index contributed by atoms with van der Waals surface area (Å²) in [6.45, 7) is -0.141. The molecule has 5 nitrogen and oxygen atoms in total. The lowest BCUT2D eigenvalue weighted by molar-refractivity contribution is -0.116. The van der Waals surface area contributed by atoms with Crippen molar-refractivity contribution in [1.82, 2.24) is 9.55 Å². The van der Waals surface area contributed by atoms with Gasteiger partial charge in [0.25, 0.3) is 5.56 Å². The Morgan fingerprint density at radius 3 is 2.75 bits per heavy atom. The summed E-state index contributed by atoms with van der Waals surface area (Å²) in [6, 6.07) is 13.2. The van der Waals surface area contributed by atoms with E-state index in [9.17, 15) is 14.0 Å². The fraction of sp³-hybridized carbons (Fsp3) is 0.0500. The van der Waals surface area contributed by atoms with Gasteiger partial charge in [-0.1, -0.05) is 34.1 Å². The number of hydrogen-bond acceptors (Lipinski definition) is 4. The van der Waals surface area contributed by atoms with Crippen molar-refractivity contribution < 1.29 is 9.18 Å². The van der Waals surface area contributed by atoms with Crippen LogP contribution in [0.4, 0.5) is 10.1 Å². The number of hydrogen-bond donors (Lipinski definition) is 1. The van der Waals surface area contributed by atoms with E-state index in [1.54, 1.807) is 24.3 Å². The molecule has 0 aliphatic rings. The van der Waals surface area contributed by atoms with Gasteiger partial charge in [0.05, 0.1) is 11.8 Å². The Morgan fingerprint density at radius 2 is 2.00 bits per heavy atom. The van der Waals surface area contributed by atoms with Gasteiger partial charge in [-0.15, -0.1) is 11.3 Å². The van der Waals surface area contributed by atoms with Gasteiger partial charge in [0, 0.05) is 21.1 Å². The van der Waals surface area contributed by atoms with Gasteiger partial charge in [0.1, 0.15) is 17.1 Å². The van der Waals surface area contributed by atoms with Crippen molar-refractivity contribution >= 4 is 49.1 Å². The fourth-order valence-corrected chi connectivity index (χ4v) is 4.19. The number of anilines is 1. The second kappa shape index (κ2) is 7.65. The monoisotopic (exact) mass is 457 g/mol. The molecule has 2 heterocycles. The predicted octanol–water partition coefficient (Wildman–Crippen LogP) is 4.67. The van der Waals surface area contributed by atoms with Crippen LogP contribution in [-0.4, -0.2) is 15.5 Å². The average Bonchev–Trinajstić information content (AvgIpc) is 3.09. The van der Waals surface area contributed by atoms with E-state index in [4.69, 9.17) is 0 Å². The van der Waals surface area contributed by atoms with Crippen LogP contribution in [0, 0.1) is 5.82 Å². The average molecular weight is 458 g/mol. The maximum atomic E-state index is 13.2. The first-order chi connectivity index (χ1) is 13.5. The number of carbonyl (C=O) groups is 1. The predicted molar refractivity (Wildman–Crippen MR) is 112 cm³/mol. The minimum Gasteiger partial charge on any atom is -0.324 e. The number of carbonyl (C=O) groups excluding carboxylic acids is 1. The van der Waals surface area contributed by atoms with E-state index in [1.807, 2.05) is 17.5 Å². The summed E-state index contributed by atoms with van der Waals surface area (Å²) in [7, 11) is 0. The van der Waals surface area contributed by atoms with E-state index in [0.717, 1.165) is 15.6 Å². The van der Waals surface area contributed by atoms with E-state index in [1.165, 1.54) is 34.4 Å². The third-order valence-corrected chi connectivity index (χ3v) is 5.57. The third-order valence-electron chi connectivity index (χ3n) is 4.12. The lowest BCUT2D eigenvalue weighted by atomic mass is 10.1. The molecule has 0 saturated carbocycles. The molecule has 4 rings (SSSR count). The molecule has 0 fully saturated rings. The number of thiophene rings is 1. The first-order valence-electron chi connectivity index (χ1n) is 8.29. The molecule has 0 saturated heterocycles. The van der Waals surface area contributed by atoms with Gasteiger partial charge in [0.15, 0.2) is 0 Å². The van der Waals surface area contributed by atoms with Crippen LogP contribution in [0.15, 0.2) is 69.5 Å². The van der Waals surface area contributed by atoms with E-state index in [0.29, 0.717) is 15.9 Å². The highest BCUT2D eigenvalue weighted by molar-refractivity contribution is 9.10. The Kier molecular flexibility index (Phi) is 5.06. The summed E-state index contributed by atoms with van der Waals surface area (Å²) < 4.78 is 15.7. The van der Waals surface area contributed by atoms with E-state index in [2.05, 4.69) is 26.2 Å². The Bertz CT molecular complexity index is 1230. The second-order valence-electron chi connectivity index (χ2n) is 6.07. The van der Waals surface area contributed by atoms with Crippen LogP contribution in [0.25, 0.3) is 21.3 Å². The number of fused-ring (bicyclic) bond motifs is 1. The largest absolute Gasteiger partial charge is 0.324 e. The molecular weight excluding hydrogens is 445 g/mol. The summed E-state index contributed by atoms with van der Waals surface area (Å²) in [5.41, 5.74) is 2.45. The molecule has 0 radical (unpaired) electrons. The molecule has 2 aromatic carbocycles. The minimum atomic E-state index is -0.324. The molecule has 28 heavy (non-hydrogen) atoms. The standard InChI is InChI=1S/C20H13BrFN3O2S/c21-13-2-1-3-15(8-13)24-17(26)9-25-11-23-18-16(10-28-19(18)20(25)27)12-4-6-14(22)7-5-12/h1-8,10-11H,9H2,(H,24,26). The van der Waals surface area contributed by atoms with Crippen molar-refractivity contribution in [3.05, 3.63) is 80.9 Å². The van der Waals surface area contributed by atoms with Crippen LogP contribution in [0.1, 0.15) is 0 Å². The SMILES string of the molecule is O=C(Cn1cnc2c(-c3ccc(F)cc3)csc2c1=O)Nc1cccc(Br)c1. The zero-order valence-electron chi connectivity index (χ0n) is 14.4. The highest BCUT2D eigenvalue weighted by Gasteiger charge is 2.14. The smallest absolute Gasteiger partial charge is 0.271 e. The molecule has 0 spiro atoms. The number of halogens is 2. The van der Waals surface area contributed by atoms with Crippen molar-refractivity contribution in [3.8, 4) is 11.1 Å². The fourth-order valence-electron chi connectivity index (χ4n) is 2.81. The van der Waals surface area contributed by atoms with Gasteiger partial charge in [-0.2, -0.15) is 0 Å². The number of benzene rings is 2. The van der Waals surface area contributed by atoms with E-state index in [-0.39, 0.29) is 23.8 Å².